The predicted octanol–water partition coefficient (Wildman–Crippen LogP) is 3.00. The van der Waals surface area contributed by atoms with Crippen LogP contribution in [0, 0.1) is 5.95 Å². The standard InChI is InChI=1S/C20H23FN6/c1-20(2)12-26(10-9-23-20)17-6-5-16-24-18(13-3-4-13)19(27(16)25-17)14-7-8-22-15(21)11-14/h5-8,11,13,23H,3-4,9-10,12H2,1-2H3. The molecule has 3 aromatic heterocycles. The molecule has 2 fully saturated rings. The summed E-state index contributed by atoms with van der Waals surface area (Å²) in [6.45, 7) is 7.11. The molecule has 140 valence electrons. The first kappa shape index (κ1) is 16.6. The number of hydrogen-bond acceptors (Lipinski definition) is 5. The van der Waals surface area contributed by atoms with Crippen LogP contribution in [-0.4, -0.2) is 44.8 Å². The van der Waals surface area contributed by atoms with Gasteiger partial charge in [0.2, 0.25) is 5.95 Å². The van der Waals surface area contributed by atoms with Crippen LogP contribution in [0.3, 0.4) is 0 Å². The summed E-state index contributed by atoms with van der Waals surface area (Å²) in [6, 6.07) is 7.36. The second-order valence-electron chi connectivity index (χ2n) is 8.18. The zero-order valence-electron chi connectivity index (χ0n) is 15.6. The number of rotatable bonds is 3. The molecule has 6 nitrogen and oxygen atoms in total. The zero-order valence-corrected chi connectivity index (χ0v) is 15.6. The molecule has 5 rings (SSSR count). The number of imidazole rings is 1. The first-order valence-electron chi connectivity index (χ1n) is 9.52. The Labute approximate surface area is 157 Å². The van der Waals surface area contributed by atoms with E-state index in [1.54, 1.807) is 0 Å². The van der Waals surface area contributed by atoms with Gasteiger partial charge in [-0.3, -0.25) is 0 Å². The van der Waals surface area contributed by atoms with Gasteiger partial charge in [0, 0.05) is 48.9 Å². The van der Waals surface area contributed by atoms with E-state index < -0.39 is 5.95 Å². The maximum Gasteiger partial charge on any atom is 0.213 e. The summed E-state index contributed by atoms with van der Waals surface area (Å²) >= 11 is 0. The Bertz CT molecular complexity index is 1010. The Morgan fingerprint density at radius 1 is 1.22 bits per heavy atom. The third kappa shape index (κ3) is 3.06. The van der Waals surface area contributed by atoms with E-state index in [1.165, 1.54) is 12.3 Å². The fraction of sp³-hybridized carbons (Fsp3) is 0.450. The highest BCUT2D eigenvalue weighted by Crippen LogP contribution is 2.44. The van der Waals surface area contributed by atoms with Gasteiger partial charge in [0.1, 0.15) is 5.82 Å². The molecular formula is C20H23FN6. The molecule has 1 saturated carbocycles. The number of nitrogens with one attached hydrogen (secondary N) is 1. The van der Waals surface area contributed by atoms with E-state index in [0.29, 0.717) is 5.92 Å². The van der Waals surface area contributed by atoms with E-state index in [1.807, 2.05) is 22.7 Å². The summed E-state index contributed by atoms with van der Waals surface area (Å²) in [5.74, 6) is 0.885. The molecule has 2 aliphatic rings. The molecule has 0 radical (unpaired) electrons. The van der Waals surface area contributed by atoms with Gasteiger partial charge in [0.05, 0.1) is 11.4 Å². The molecular weight excluding hydrogens is 343 g/mol. The molecule has 3 aromatic rings. The van der Waals surface area contributed by atoms with Crippen LogP contribution in [0.2, 0.25) is 0 Å². The lowest BCUT2D eigenvalue weighted by Gasteiger charge is -2.39. The van der Waals surface area contributed by atoms with Crippen molar-refractivity contribution < 1.29 is 4.39 Å². The lowest BCUT2D eigenvalue weighted by molar-refractivity contribution is 0.351. The number of nitrogens with zero attached hydrogens (tertiary/aromatic N) is 5. The molecule has 0 aromatic carbocycles. The Balaban J connectivity index is 1.64. The number of aromatic nitrogens is 4. The van der Waals surface area contributed by atoms with E-state index in [0.717, 1.165) is 60.9 Å². The van der Waals surface area contributed by atoms with Gasteiger partial charge in [-0.05, 0) is 44.9 Å². The van der Waals surface area contributed by atoms with Crippen molar-refractivity contribution in [1.82, 2.24) is 24.9 Å². The second-order valence-corrected chi connectivity index (χ2v) is 8.18. The van der Waals surface area contributed by atoms with Gasteiger partial charge in [-0.25, -0.2) is 14.5 Å². The summed E-state index contributed by atoms with van der Waals surface area (Å²) in [5.41, 5.74) is 3.54. The third-order valence-corrected chi connectivity index (χ3v) is 5.35. The van der Waals surface area contributed by atoms with E-state index in [2.05, 4.69) is 29.0 Å². The lowest BCUT2D eigenvalue weighted by Crippen LogP contribution is -2.57. The molecule has 1 saturated heterocycles. The summed E-state index contributed by atoms with van der Waals surface area (Å²) in [6.07, 6.45) is 3.76. The average Bonchev–Trinajstić information content (AvgIpc) is 3.40. The Morgan fingerprint density at radius 3 is 2.81 bits per heavy atom. The van der Waals surface area contributed by atoms with Crippen molar-refractivity contribution in [2.45, 2.75) is 38.1 Å². The van der Waals surface area contributed by atoms with Crippen molar-refractivity contribution in [3.8, 4) is 11.3 Å². The molecule has 1 N–H and O–H groups in total. The van der Waals surface area contributed by atoms with Crippen LogP contribution in [0.15, 0.2) is 30.5 Å². The van der Waals surface area contributed by atoms with E-state index >= 15 is 0 Å². The van der Waals surface area contributed by atoms with Crippen LogP contribution in [0.25, 0.3) is 16.9 Å². The second kappa shape index (κ2) is 5.99. The number of halogens is 1. The van der Waals surface area contributed by atoms with E-state index in [-0.39, 0.29) is 5.54 Å². The van der Waals surface area contributed by atoms with Crippen molar-refractivity contribution >= 4 is 11.5 Å². The van der Waals surface area contributed by atoms with Crippen LogP contribution < -0.4 is 10.2 Å². The van der Waals surface area contributed by atoms with Gasteiger partial charge in [-0.1, -0.05) is 0 Å². The van der Waals surface area contributed by atoms with Gasteiger partial charge in [0.25, 0.3) is 0 Å². The number of piperazine rings is 1. The van der Waals surface area contributed by atoms with Gasteiger partial charge >= 0.3 is 0 Å². The smallest absolute Gasteiger partial charge is 0.213 e. The lowest BCUT2D eigenvalue weighted by atomic mass is 10.0. The quantitative estimate of drug-likeness (QED) is 0.722. The molecule has 0 amide bonds. The Hall–Kier alpha value is -2.54. The minimum absolute atomic E-state index is 0.0417. The molecule has 27 heavy (non-hydrogen) atoms. The normalized spacial score (nSPS) is 19.6. The number of pyridine rings is 1. The van der Waals surface area contributed by atoms with Crippen molar-refractivity contribution in [3.63, 3.8) is 0 Å². The van der Waals surface area contributed by atoms with Crippen LogP contribution >= 0.6 is 0 Å². The van der Waals surface area contributed by atoms with Gasteiger partial charge in [-0.2, -0.15) is 4.39 Å². The third-order valence-electron chi connectivity index (χ3n) is 5.35. The van der Waals surface area contributed by atoms with Crippen LogP contribution in [-0.2, 0) is 0 Å². The maximum atomic E-state index is 13.8. The molecule has 0 unspecified atom stereocenters. The highest BCUT2D eigenvalue weighted by Gasteiger charge is 2.32. The largest absolute Gasteiger partial charge is 0.352 e. The zero-order chi connectivity index (χ0) is 18.6. The van der Waals surface area contributed by atoms with Crippen molar-refractivity contribution in [1.29, 1.82) is 0 Å². The minimum Gasteiger partial charge on any atom is -0.352 e. The van der Waals surface area contributed by atoms with Crippen molar-refractivity contribution in [2.24, 2.45) is 0 Å². The molecule has 0 bridgehead atoms. The highest BCUT2D eigenvalue weighted by molar-refractivity contribution is 5.68. The van der Waals surface area contributed by atoms with Crippen LogP contribution in [0.1, 0.15) is 38.3 Å². The first-order valence-corrected chi connectivity index (χ1v) is 9.52. The maximum absolute atomic E-state index is 13.8. The van der Waals surface area contributed by atoms with Crippen LogP contribution in [0.4, 0.5) is 10.2 Å². The fourth-order valence-electron chi connectivity index (χ4n) is 3.91. The molecule has 1 aliphatic heterocycles. The van der Waals surface area contributed by atoms with E-state index in [9.17, 15) is 4.39 Å². The monoisotopic (exact) mass is 366 g/mol. The molecule has 1 aliphatic carbocycles. The molecule has 0 spiro atoms. The number of hydrogen-bond donors (Lipinski definition) is 1. The molecule has 7 heteroatoms. The molecule has 4 heterocycles. The van der Waals surface area contributed by atoms with Gasteiger partial charge < -0.3 is 10.2 Å². The minimum atomic E-state index is -0.482. The highest BCUT2D eigenvalue weighted by atomic mass is 19.1. The van der Waals surface area contributed by atoms with Crippen LogP contribution in [0.5, 0.6) is 0 Å². The Kier molecular flexibility index (Phi) is 3.69. The fourth-order valence-corrected chi connectivity index (χ4v) is 3.91. The number of fused-ring (bicyclic) bond motifs is 1. The predicted molar refractivity (Wildman–Crippen MR) is 102 cm³/mol. The summed E-state index contributed by atoms with van der Waals surface area (Å²) in [4.78, 5) is 10.8. The number of anilines is 1. The van der Waals surface area contributed by atoms with Crippen molar-refractivity contribution in [3.05, 3.63) is 42.1 Å². The van der Waals surface area contributed by atoms with Gasteiger partial charge in [0.15, 0.2) is 5.65 Å². The topological polar surface area (TPSA) is 58.4 Å². The SMILES string of the molecule is CC1(C)CN(c2ccc3nc(C4CC4)c(-c4ccnc(F)c4)n3n2)CCN1. The summed E-state index contributed by atoms with van der Waals surface area (Å²) in [7, 11) is 0. The molecule has 0 atom stereocenters. The van der Waals surface area contributed by atoms with Gasteiger partial charge in [-0.15, -0.1) is 5.10 Å². The Morgan fingerprint density at radius 2 is 2.07 bits per heavy atom. The summed E-state index contributed by atoms with van der Waals surface area (Å²) in [5, 5.41) is 8.44. The summed E-state index contributed by atoms with van der Waals surface area (Å²) < 4.78 is 15.7. The average molecular weight is 366 g/mol. The first-order chi connectivity index (χ1) is 13.0. The van der Waals surface area contributed by atoms with Crippen molar-refractivity contribution in [2.75, 3.05) is 24.5 Å². The van der Waals surface area contributed by atoms with E-state index in [4.69, 9.17) is 10.1 Å².